The lowest BCUT2D eigenvalue weighted by atomic mass is 10.3. The van der Waals surface area contributed by atoms with E-state index >= 15 is 0 Å². The van der Waals surface area contributed by atoms with Crippen molar-refractivity contribution in [3.8, 4) is 0 Å². The van der Waals surface area contributed by atoms with E-state index in [0.717, 1.165) is 5.56 Å². The molecule has 1 aromatic rings. The van der Waals surface area contributed by atoms with Gasteiger partial charge in [-0.25, -0.2) is 9.97 Å². The van der Waals surface area contributed by atoms with Crippen molar-refractivity contribution in [3.05, 3.63) is 29.5 Å². The number of hydrogen-bond donors (Lipinski definition) is 0. The smallest absolute Gasteiger partial charge is 0.222 e. The Morgan fingerprint density at radius 3 is 2.75 bits per heavy atom. The molecule has 0 radical (unpaired) electrons. The van der Waals surface area contributed by atoms with Crippen molar-refractivity contribution >= 4 is 17.7 Å². The van der Waals surface area contributed by atoms with Crippen molar-refractivity contribution in [2.75, 3.05) is 6.61 Å². The van der Waals surface area contributed by atoms with Gasteiger partial charge in [-0.2, -0.15) is 0 Å². The quantitative estimate of drug-likeness (QED) is 0.533. The summed E-state index contributed by atoms with van der Waals surface area (Å²) < 4.78 is 5.00. The highest BCUT2D eigenvalue weighted by molar-refractivity contribution is 6.28. The van der Waals surface area contributed by atoms with Crippen LogP contribution in [0.15, 0.2) is 18.7 Å². The molecule has 0 aliphatic heterocycles. The van der Waals surface area contributed by atoms with E-state index in [0.29, 0.717) is 6.61 Å². The molecule has 64 valence electrons. The summed E-state index contributed by atoms with van der Waals surface area (Å²) in [6.45, 7) is 2.58. The second-order valence-corrected chi connectivity index (χ2v) is 2.38. The van der Waals surface area contributed by atoms with E-state index in [1.54, 1.807) is 24.7 Å². The highest BCUT2D eigenvalue weighted by Crippen LogP contribution is 2.02. The van der Waals surface area contributed by atoms with Gasteiger partial charge in [0.1, 0.15) is 0 Å². The van der Waals surface area contributed by atoms with Crippen molar-refractivity contribution in [3.63, 3.8) is 0 Å². The second kappa shape index (κ2) is 4.72. The lowest BCUT2D eigenvalue weighted by Gasteiger charge is -1.93. The largest absolute Gasteiger partial charge is 0.501 e. The summed E-state index contributed by atoms with van der Waals surface area (Å²) in [7, 11) is 0. The molecule has 0 amide bonds. The molecule has 0 aromatic carbocycles. The van der Waals surface area contributed by atoms with Crippen LogP contribution in [0.1, 0.15) is 12.5 Å². The lowest BCUT2D eigenvalue weighted by Crippen LogP contribution is -1.82. The molecular weight excluding hydrogens is 176 g/mol. The normalized spacial score (nSPS) is 10.5. The maximum absolute atomic E-state index is 5.50. The highest BCUT2D eigenvalue weighted by Gasteiger charge is 1.89. The number of halogens is 1. The third-order valence-corrected chi connectivity index (χ3v) is 1.36. The van der Waals surface area contributed by atoms with Crippen LogP contribution in [0.25, 0.3) is 6.08 Å². The number of ether oxygens (including phenoxy) is 1. The fourth-order valence-corrected chi connectivity index (χ4v) is 0.729. The number of hydrogen-bond acceptors (Lipinski definition) is 3. The summed E-state index contributed by atoms with van der Waals surface area (Å²) >= 11 is 5.50. The van der Waals surface area contributed by atoms with Crippen molar-refractivity contribution in [2.24, 2.45) is 0 Å². The first-order chi connectivity index (χ1) is 5.83. The van der Waals surface area contributed by atoms with Gasteiger partial charge in [0, 0.05) is 18.0 Å². The molecule has 0 unspecified atom stereocenters. The first-order valence-corrected chi connectivity index (χ1v) is 3.96. The molecule has 12 heavy (non-hydrogen) atoms. The number of aromatic nitrogens is 2. The van der Waals surface area contributed by atoms with Gasteiger partial charge in [0.05, 0.1) is 12.9 Å². The van der Waals surface area contributed by atoms with E-state index in [9.17, 15) is 0 Å². The molecule has 1 rings (SSSR count). The van der Waals surface area contributed by atoms with Crippen molar-refractivity contribution in [1.29, 1.82) is 0 Å². The first kappa shape index (κ1) is 9.00. The van der Waals surface area contributed by atoms with Crippen LogP contribution >= 0.6 is 11.6 Å². The fraction of sp³-hybridized carbons (Fsp3) is 0.250. The van der Waals surface area contributed by atoms with Crippen LogP contribution in [0.3, 0.4) is 0 Å². The van der Waals surface area contributed by atoms with Gasteiger partial charge in [-0.3, -0.25) is 0 Å². The Balaban J connectivity index is 2.58. The molecule has 0 aliphatic carbocycles. The van der Waals surface area contributed by atoms with Crippen LogP contribution in [0.2, 0.25) is 5.28 Å². The molecule has 0 aliphatic rings. The second-order valence-electron chi connectivity index (χ2n) is 2.04. The van der Waals surface area contributed by atoms with Gasteiger partial charge >= 0.3 is 0 Å². The molecule has 1 aromatic heterocycles. The lowest BCUT2D eigenvalue weighted by molar-refractivity contribution is 0.272. The minimum Gasteiger partial charge on any atom is -0.501 e. The van der Waals surface area contributed by atoms with E-state index in [-0.39, 0.29) is 5.28 Å². The maximum Gasteiger partial charge on any atom is 0.222 e. The van der Waals surface area contributed by atoms with Crippen LogP contribution in [0, 0.1) is 0 Å². The minimum absolute atomic E-state index is 0.253. The molecule has 0 bridgehead atoms. The third kappa shape index (κ3) is 2.88. The molecule has 1 heterocycles. The predicted molar refractivity (Wildman–Crippen MR) is 47.7 cm³/mol. The highest BCUT2D eigenvalue weighted by atomic mass is 35.5. The Morgan fingerprint density at radius 1 is 1.50 bits per heavy atom. The average Bonchev–Trinajstić information content (AvgIpc) is 2.09. The molecule has 0 saturated heterocycles. The van der Waals surface area contributed by atoms with Crippen molar-refractivity contribution in [1.82, 2.24) is 9.97 Å². The SMILES string of the molecule is CCO/C=C\c1cnc(Cl)nc1. The van der Waals surface area contributed by atoms with Gasteiger partial charge < -0.3 is 4.74 Å². The van der Waals surface area contributed by atoms with E-state index in [2.05, 4.69) is 9.97 Å². The van der Waals surface area contributed by atoms with Gasteiger partial charge in [0.2, 0.25) is 5.28 Å². The van der Waals surface area contributed by atoms with Crippen LogP contribution in [0.4, 0.5) is 0 Å². The van der Waals surface area contributed by atoms with E-state index in [1.165, 1.54) is 0 Å². The van der Waals surface area contributed by atoms with E-state index < -0.39 is 0 Å². The summed E-state index contributed by atoms with van der Waals surface area (Å²) in [6.07, 6.45) is 6.64. The summed E-state index contributed by atoms with van der Waals surface area (Å²) in [5.41, 5.74) is 0.868. The molecule has 0 saturated carbocycles. The monoisotopic (exact) mass is 184 g/mol. The van der Waals surface area contributed by atoms with Gasteiger partial charge in [-0.15, -0.1) is 0 Å². The molecule has 0 spiro atoms. The maximum atomic E-state index is 5.50. The topological polar surface area (TPSA) is 35.0 Å². The Labute approximate surface area is 76.1 Å². The van der Waals surface area contributed by atoms with Crippen LogP contribution in [-0.2, 0) is 4.74 Å². The molecule has 0 N–H and O–H groups in total. The molecular formula is C8H9ClN2O. The first-order valence-electron chi connectivity index (χ1n) is 3.58. The Hall–Kier alpha value is -1.09. The van der Waals surface area contributed by atoms with Crippen LogP contribution in [0.5, 0.6) is 0 Å². The summed E-state index contributed by atoms with van der Waals surface area (Å²) in [4.78, 5) is 7.61. The van der Waals surface area contributed by atoms with Gasteiger partial charge in [-0.05, 0) is 24.6 Å². The van der Waals surface area contributed by atoms with Gasteiger partial charge in [0.15, 0.2) is 0 Å². The summed E-state index contributed by atoms with van der Waals surface area (Å²) in [6, 6.07) is 0. The minimum atomic E-state index is 0.253. The zero-order chi connectivity index (χ0) is 8.81. The van der Waals surface area contributed by atoms with E-state index in [4.69, 9.17) is 16.3 Å². The van der Waals surface area contributed by atoms with Crippen molar-refractivity contribution < 1.29 is 4.74 Å². The Morgan fingerprint density at radius 2 is 2.17 bits per heavy atom. The fourth-order valence-electron chi connectivity index (χ4n) is 0.631. The molecule has 4 heteroatoms. The number of rotatable bonds is 3. The van der Waals surface area contributed by atoms with Crippen LogP contribution in [-0.4, -0.2) is 16.6 Å². The predicted octanol–water partition coefficient (Wildman–Crippen LogP) is 2.14. The van der Waals surface area contributed by atoms with Crippen LogP contribution < -0.4 is 0 Å². The van der Waals surface area contributed by atoms with Gasteiger partial charge in [0.25, 0.3) is 0 Å². The summed E-state index contributed by atoms with van der Waals surface area (Å²) in [5, 5.41) is 0.253. The Bertz CT molecular complexity index is 258. The Kier molecular flexibility index (Phi) is 3.54. The molecule has 3 nitrogen and oxygen atoms in total. The molecule has 0 fully saturated rings. The zero-order valence-corrected chi connectivity index (χ0v) is 7.45. The molecule has 0 atom stereocenters. The average molecular weight is 185 g/mol. The third-order valence-electron chi connectivity index (χ3n) is 1.16. The van der Waals surface area contributed by atoms with E-state index in [1.807, 2.05) is 6.92 Å². The zero-order valence-electron chi connectivity index (χ0n) is 6.70. The van der Waals surface area contributed by atoms with Crippen molar-refractivity contribution in [2.45, 2.75) is 6.92 Å². The van der Waals surface area contributed by atoms with Gasteiger partial charge in [-0.1, -0.05) is 0 Å². The number of nitrogens with zero attached hydrogens (tertiary/aromatic N) is 2. The summed E-state index contributed by atoms with van der Waals surface area (Å²) in [5.74, 6) is 0. The standard InChI is InChI=1S/C8H9ClN2O/c1-2-12-4-3-7-5-10-8(9)11-6-7/h3-6H,2H2,1H3/b4-3-.